The van der Waals surface area contributed by atoms with Crippen molar-refractivity contribution >= 4 is 5.78 Å². The maximum atomic E-state index is 12.0. The fourth-order valence-electron chi connectivity index (χ4n) is 6.01. The Balaban J connectivity index is 2.11. The van der Waals surface area contributed by atoms with Crippen LogP contribution in [-0.4, -0.2) is 16.5 Å². The average Bonchev–Trinajstić information content (AvgIpc) is 1.92. The van der Waals surface area contributed by atoms with E-state index in [2.05, 4.69) is 13.8 Å². The molecule has 90 valence electrons. The molecule has 0 aliphatic heterocycles. The van der Waals surface area contributed by atoms with E-state index in [0.29, 0.717) is 5.78 Å². The van der Waals surface area contributed by atoms with Gasteiger partial charge in [0.15, 0.2) is 0 Å². The van der Waals surface area contributed by atoms with Gasteiger partial charge in [0, 0.05) is 5.41 Å². The zero-order chi connectivity index (χ0) is 11.8. The number of Topliss-reactive ketones (excluding diaryl/α,β-unsaturated/α-hetero) is 1. The molecule has 0 amide bonds. The van der Waals surface area contributed by atoms with E-state index in [1.807, 2.05) is 0 Å². The topological polar surface area (TPSA) is 37.3 Å². The van der Waals surface area contributed by atoms with Crippen LogP contribution in [-0.2, 0) is 4.79 Å². The van der Waals surface area contributed by atoms with E-state index in [4.69, 9.17) is 0 Å². The highest BCUT2D eigenvalue weighted by molar-refractivity contribution is 5.83. The summed E-state index contributed by atoms with van der Waals surface area (Å²) in [7, 11) is 0. The van der Waals surface area contributed by atoms with Gasteiger partial charge in [0.1, 0.15) is 5.78 Å². The third kappa shape index (κ3) is 1.25. The van der Waals surface area contributed by atoms with E-state index in [-0.39, 0.29) is 16.2 Å². The lowest BCUT2D eigenvalue weighted by Crippen LogP contribution is -2.64. The summed E-state index contributed by atoms with van der Waals surface area (Å²) < 4.78 is 0. The Morgan fingerprint density at radius 2 is 1.44 bits per heavy atom. The summed E-state index contributed by atoms with van der Waals surface area (Å²) in [6.45, 7) is 6.26. The number of rotatable bonds is 1. The summed E-state index contributed by atoms with van der Waals surface area (Å²) in [5.41, 5.74) is -0.356. The molecular weight excluding hydrogens is 200 g/mol. The first-order chi connectivity index (χ1) is 7.19. The summed E-state index contributed by atoms with van der Waals surface area (Å²) in [5.74, 6) is 0.308. The van der Waals surface area contributed by atoms with Crippen LogP contribution < -0.4 is 0 Å². The van der Waals surface area contributed by atoms with Crippen molar-refractivity contribution in [3.8, 4) is 0 Å². The van der Waals surface area contributed by atoms with Crippen LogP contribution in [0, 0.1) is 16.2 Å². The molecule has 4 fully saturated rings. The maximum absolute atomic E-state index is 12.0. The van der Waals surface area contributed by atoms with E-state index >= 15 is 0 Å². The van der Waals surface area contributed by atoms with Crippen LogP contribution >= 0.6 is 0 Å². The molecule has 2 atom stereocenters. The summed E-state index contributed by atoms with van der Waals surface area (Å²) in [6.07, 6.45) is 5.74. The van der Waals surface area contributed by atoms with Crippen LogP contribution in [0.25, 0.3) is 0 Å². The first-order valence-electron chi connectivity index (χ1n) is 6.42. The lowest BCUT2D eigenvalue weighted by molar-refractivity contribution is -0.221. The summed E-state index contributed by atoms with van der Waals surface area (Å²) >= 11 is 0. The first-order valence-corrected chi connectivity index (χ1v) is 6.42. The molecule has 0 saturated heterocycles. The lowest BCUT2D eigenvalue weighted by Gasteiger charge is -2.67. The average molecular weight is 222 g/mol. The van der Waals surface area contributed by atoms with Crippen LogP contribution in [0.5, 0.6) is 0 Å². The van der Waals surface area contributed by atoms with Gasteiger partial charge in [-0.25, -0.2) is 0 Å². The van der Waals surface area contributed by atoms with E-state index in [9.17, 15) is 9.90 Å². The van der Waals surface area contributed by atoms with Crippen LogP contribution in [0.1, 0.15) is 59.3 Å². The molecular formula is C14H22O2. The van der Waals surface area contributed by atoms with E-state index in [1.54, 1.807) is 6.92 Å². The minimum atomic E-state index is -0.552. The first kappa shape index (κ1) is 10.8. The summed E-state index contributed by atoms with van der Waals surface area (Å²) in [4.78, 5) is 12.0. The van der Waals surface area contributed by atoms with Crippen molar-refractivity contribution in [1.29, 1.82) is 0 Å². The zero-order valence-corrected chi connectivity index (χ0v) is 10.6. The van der Waals surface area contributed by atoms with Crippen molar-refractivity contribution in [3.63, 3.8) is 0 Å². The van der Waals surface area contributed by atoms with Crippen molar-refractivity contribution in [3.05, 3.63) is 0 Å². The van der Waals surface area contributed by atoms with E-state index < -0.39 is 5.60 Å². The zero-order valence-electron chi connectivity index (χ0n) is 10.6. The molecule has 4 aliphatic carbocycles. The molecule has 0 aromatic carbocycles. The number of hydrogen-bond acceptors (Lipinski definition) is 2. The van der Waals surface area contributed by atoms with Gasteiger partial charge < -0.3 is 5.11 Å². The van der Waals surface area contributed by atoms with Crippen molar-refractivity contribution in [2.75, 3.05) is 0 Å². The van der Waals surface area contributed by atoms with Crippen LogP contribution in [0.15, 0.2) is 0 Å². The molecule has 2 heteroatoms. The highest BCUT2D eigenvalue weighted by Crippen LogP contribution is 2.70. The Kier molecular flexibility index (Phi) is 1.72. The van der Waals surface area contributed by atoms with Gasteiger partial charge in [0.05, 0.1) is 5.60 Å². The molecule has 4 rings (SSSR count). The fourth-order valence-corrected chi connectivity index (χ4v) is 6.01. The third-order valence-corrected chi connectivity index (χ3v) is 5.31. The highest BCUT2D eigenvalue weighted by Gasteiger charge is 2.66. The predicted molar refractivity (Wildman–Crippen MR) is 62.0 cm³/mol. The van der Waals surface area contributed by atoms with Gasteiger partial charge in [-0.2, -0.15) is 0 Å². The van der Waals surface area contributed by atoms with Gasteiger partial charge in [0.25, 0.3) is 0 Å². The summed E-state index contributed by atoms with van der Waals surface area (Å²) in [5, 5.41) is 10.7. The molecule has 0 aromatic rings. The number of carbonyl (C=O) groups excluding carboxylic acids is 1. The second-order valence-electron chi connectivity index (χ2n) is 7.74. The lowest BCUT2D eigenvalue weighted by atomic mass is 9.38. The molecule has 16 heavy (non-hydrogen) atoms. The second-order valence-corrected chi connectivity index (χ2v) is 7.74. The molecule has 0 radical (unpaired) electrons. The van der Waals surface area contributed by atoms with Gasteiger partial charge in [-0.05, 0) is 56.3 Å². The highest BCUT2D eigenvalue weighted by atomic mass is 16.3. The Hall–Kier alpha value is -0.370. The molecule has 0 heterocycles. The Labute approximate surface area is 97.4 Å². The molecule has 2 unspecified atom stereocenters. The molecule has 0 spiro atoms. The second kappa shape index (κ2) is 2.55. The van der Waals surface area contributed by atoms with Crippen molar-refractivity contribution < 1.29 is 9.90 Å². The van der Waals surface area contributed by atoms with Crippen LogP contribution in [0.2, 0.25) is 0 Å². The monoisotopic (exact) mass is 222 g/mol. The summed E-state index contributed by atoms with van der Waals surface area (Å²) in [6, 6.07) is 0. The fraction of sp³-hybridized carbons (Fsp3) is 0.929. The maximum Gasteiger partial charge on any atom is 0.136 e. The van der Waals surface area contributed by atoms with Gasteiger partial charge in [-0.1, -0.05) is 13.8 Å². The molecule has 4 bridgehead atoms. The molecule has 4 saturated carbocycles. The molecule has 0 aromatic heterocycles. The quantitative estimate of drug-likeness (QED) is 0.740. The Bertz CT molecular complexity index is 317. The Morgan fingerprint density at radius 3 is 1.81 bits per heavy atom. The number of ketones is 1. The molecule has 1 N–H and O–H groups in total. The normalized spacial score (nSPS) is 59.0. The Morgan fingerprint density at radius 1 is 0.938 bits per heavy atom. The standard InChI is InChI=1S/C14H22O2/c1-10(15)13-5-11(2)4-12(3,6-13)8-14(16,7-11)9-13/h16H,4-9H2,1-3H3. The largest absolute Gasteiger partial charge is 0.390 e. The van der Waals surface area contributed by atoms with Gasteiger partial charge >= 0.3 is 0 Å². The van der Waals surface area contributed by atoms with Crippen molar-refractivity contribution in [2.45, 2.75) is 64.9 Å². The number of hydrogen-bond donors (Lipinski definition) is 1. The number of aliphatic hydroxyl groups is 1. The SMILES string of the molecule is CC(=O)C12CC3(C)CC(C)(CC(O)(C3)C1)C2. The van der Waals surface area contributed by atoms with Gasteiger partial charge in [-0.15, -0.1) is 0 Å². The molecule has 4 aliphatic rings. The number of carbonyl (C=O) groups is 1. The van der Waals surface area contributed by atoms with Crippen LogP contribution in [0.3, 0.4) is 0 Å². The minimum Gasteiger partial charge on any atom is -0.390 e. The predicted octanol–water partition coefficient (Wildman–Crippen LogP) is 2.69. The van der Waals surface area contributed by atoms with Gasteiger partial charge in [0.2, 0.25) is 0 Å². The smallest absolute Gasteiger partial charge is 0.136 e. The third-order valence-electron chi connectivity index (χ3n) is 5.31. The van der Waals surface area contributed by atoms with Crippen LogP contribution in [0.4, 0.5) is 0 Å². The van der Waals surface area contributed by atoms with Crippen molar-refractivity contribution in [1.82, 2.24) is 0 Å². The van der Waals surface area contributed by atoms with E-state index in [1.165, 1.54) is 6.42 Å². The van der Waals surface area contributed by atoms with E-state index in [0.717, 1.165) is 32.1 Å². The van der Waals surface area contributed by atoms with Crippen molar-refractivity contribution in [2.24, 2.45) is 16.2 Å². The van der Waals surface area contributed by atoms with Gasteiger partial charge in [-0.3, -0.25) is 4.79 Å². The molecule has 2 nitrogen and oxygen atoms in total. The minimum absolute atomic E-state index is 0.198.